The Morgan fingerprint density at radius 1 is 0.938 bits per heavy atom. The van der Waals surface area contributed by atoms with Crippen molar-refractivity contribution in [3.63, 3.8) is 0 Å². The van der Waals surface area contributed by atoms with Gasteiger partial charge in [-0.3, -0.25) is 9.52 Å². The minimum atomic E-state index is -4.03. The highest BCUT2D eigenvalue weighted by molar-refractivity contribution is 7.92. The van der Waals surface area contributed by atoms with E-state index in [1.807, 2.05) is 24.3 Å². The second-order valence-electron chi connectivity index (χ2n) is 6.81. The first kappa shape index (κ1) is 23.4. The van der Waals surface area contributed by atoms with Crippen LogP contribution in [0.15, 0.2) is 71.6 Å². The third-order valence-corrected chi connectivity index (χ3v) is 6.39. The van der Waals surface area contributed by atoms with Crippen molar-refractivity contribution in [3.05, 3.63) is 77.3 Å². The van der Waals surface area contributed by atoms with Gasteiger partial charge in [0, 0.05) is 12.1 Å². The topological polar surface area (TPSA) is 93.7 Å². The fourth-order valence-corrected chi connectivity index (χ4v) is 4.60. The van der Waals surface area contributed by atoms with Crippen LogP contribution < -0.4 is 19.5 Å². The lowest BCUT2D eigenvalue weighted by atomic mass is 10.1. The van der Waals surface area contributed by atoms with Gasteiger partial charge in [0.2, 0.25) is 5.91 Å². The Hall–Kier alpha value is -3.23. The summed E-state index contributed by atoms with van der Waals surface area (Å²) >= 11 is 6.07. The van der Waals surface area contributed by atoms with Crippen LogP contribution in [0.3, 0.4) is 0 Å². The van der Waals surface area contributed by atoms with Crippen molar-refractivity contribution in [1.82, 2.24) is 0 Å². The molecule has 32 heavy (non-hydrogen) atoms. The van der Waals surface area contributed by atoms with Crippen molar-refractivity contribution in [3.8, 4) is 11.5 Å². The Kier molecular flexibility index (Phi) is 7.61. The van der Waals surface area contributed by atoms with Gasteiger partial charge in [-0.1, -0.05) is 41.9 Å². The van der Waals surface area contributed by atoms with Crippen LogP contribution in [-0.2, 0) is 21.2 Å². The molecule has 0 radical (unpaired) electrons. The molecule has 0 aliphatic heterocycles. The molecule has 7 nitrogen and oxygen atoms in total. The minimum Gasteiger partial charge on any atom is -0.496 e. The maximum absolute atomic E-state index is 13.0. The summed E-state index contributed by atoms with van der Waals surface area (Å²) in [7, 11) is -1.08. The van der Waals surface area contributed by atoms with Gasteiger partial charge in [0.15, 0.2) is 0 Å². The molecule has 3 aromatic carbocycles. The van der Waals surface area contributed by atoms with E-state index < -0.39 is 10.0 Å². The Morgan fingerprint density at radius 3 is 2.34 bits per heavy atom. The lowest BCUT2D eigenvalue weighted by molar-refractivity contribution is -0.116. The van der Waals surface area contributed by atoms with E-state index in [9.17, 15) is 13.2 Å². The number of benzene rings is 3. The monoisotopic (exact) mass is 474 g/mol. The normalized spacial score (nSPS) is 11.0. The van der Waals surface area contributed by atoms with Crippen LogP contribution in [0, 0.1) is 0 Å². The van der Waals surface area contributed by atoms with Crippen LogP contribution in [0.4, 0.5) is 11.4 Å². The van der Waals surface area contributed by atoms with Crippen LogP contribution >= 0.6 is 11.6 Å². The minimum absolute atomic E-state index is 0.123. The van der Waals surface area contributed by atoms with Crippen molar-refractivity contribution >= 4 is 38.9 Å². The lowest BCUT2D eigenvalue weighted by Crippen LogP contribution is -2.16. The molecule has 0 spiro atoms. The molecule has 0 atom stereocenters. The number of halogens is 1. The molecular weight excluding hydrogens is 452 g/mol. The molecule has 0 aromatic heterocycles. The number of rotatable bonds is 9. The number of anilines is 2. The second kappa shape index (κ2) is 10.4. The summed E-state index contributed by atoms with van der Waals surface area (Å²) in [6.45, 7) is 0. The van der Waals surface area contributed by atoms with Crippen LogP contribution in [-0.4, -0.2) is 28.5 Å². The lowest BCUT2D eigenvalue weighted by Gasteiger charge is -2.14. The molecule has 0 fully saturated rings. The number of hydrogen-bond acceptors (Lipinski definition) is 5. The molecule has 0 bridgehead atoms. The molecule has 0 saturated carbocycles. The van der Waals surface area contributed by atoms with Gasteiger partial charge in [-0.15, -0.1) is 0 Å². The fraction of sp³-hybridized carbons (Fsp3) is 0.174. The third-order valence-electron chi connectivity index (χ3n) is 4.67. The number of sulfonamides is 1. The molecule has 168 valence electrons. The van der Waals surface area contributed by atoms with Gasteiger partial charge in [0.05, 0.1) is 24.9 Å². The second-order valence-corrected chi connectivity index (χ2v) is 8.87. The van der Waals surface area contributed by atoms with Crippen molar-refractivity contribution in [2.75, 3.05) is 24.3 Å². The molecule has 0 heterocycles. The molecule has 3 aromatic rings. The fourth-order valence-electron chi connectivity index (χ4n) is 3.09. The smallest absolute Gasteiger partial charge is 0.265 e. The zero-order valence-electron chi connectivity index (χ0n) is 17.6. The molecule has 0 aliphatic rings. The van der Waals surface area contributed by atoms with Crippen molar-refractivity contribution in [1.29, 1.82) is 0 Å². The highest BCUT2D eigenvalue weighted by Crippen LogP contribution is 2.31. The largest absolute Gasteiger partial charge is 0.496 e. The Labute approximate surface area is 192 Å². The summed E-state index contributed by atoms with van der Waals surface area (Å²) in [4.78, 5) is 12.3. The number of methoxy groups -OCH3 is 2. The first-order valence-corrected chi connectivity index (χ1v) is 11.6. The third kappa shape index (κ3) is 5.72. The molecule has 9 heteroatoms. The van der Waals surface area contributed by atoms with E-state index in [0.717, 1.165) is 5.56 Å². The summed E-state index contributed by atoms with van der Waals surface area (Å²) < 4.78 is 38.9. The van der Waals surface area contributed by atoms with E-state index in [4.69, 9.17) is 21.1 Å². The van der Waals surface area contributed by atoms with Crippen LogP contribution in [0.25, 0.3) is 0 Å². The van der Waals surface area contributed by atoms with E-state index in [1.165, 1.54) is 19.2 Å². The number of aryl methyl sites for hydroxylation is 1. The van der Waals surface area contributed by atoms with E-state index in [2.05, 4.69) is 10.0 Å². The SMILES string of the molecule is COc1ccccc1CCC(=O)Nc1ccc(OC)c(S(=O)(=O)Nc2ccccc2Cl)c1. The summed E-state index contributed by atoms with van der Waals surface area (Å²) in [5.74, 6) is 0.587. The zero-order chi connectivity index (χ0) is 23.1. The van der Waals surface area contributed by atoms with Gasteiger partial charge in [-0.25, -0.2) is 8.42 Å². The molecule has 1 amide bonds. The highest BCUT2D eigenvalue weighted by atomic mass is 35.5. The van der Waals surface area contributed by atoms with E-state index in [-0.39, 0.29) is 33.7 Å². The first-order chi connectivity index (χ1) is 15.3. The number of hydrogen-bond donors (Lipinski definition) is 2. The summed E-state index contributed by atoms with van der Waals surface area (Å²) in [5, 5.41) is 3.00. The number of carbonyl (C=O) groups excluding carboxylic acids is 1. The Bertz CT molecular complexity index is 1210. The van der Waals surface area contributed by atoms with Crippen molar-refractivity contribution < 1.29 is 22.7 Å². The number of ether oxygens (including phenoxy) is 2. The van der Waals surface area contributed by atoms with Gasteiger partial charge < -0.3 is 14.8 Å². The molecule has 2 N–H and O–H groups in total. The Balaban J connectivity index is 1.77. The highest BCUT2D eigenvalue weighted by Gasteiger charge is 2.22. The average Bonchev–Trinajstić information content (AvgIpc) is 2.79. The number of nitrogens with one attached hydrogen (secondary N) is 2. The summed E-state index contributed by atoms with van der Waals surface area (Å²) in [6.07, 6.45) is 0.678. The van der Waals surface area contributed by atoms with E-state index >= 15 is 0 Å². The summed E-state index contributed by atoms with van der Waals surface area (Å²) in [5.41, 5.74) is 1.48. The molecule has 3 rings (SSSR count). The first-order valence-electron chi connectivity index (χ1n) is 9.71. The van der Waals surface area contributed by atoms with Crippen LogP contribution in [0.1, 0.15) is 12.0 Å². The van der Waals surface area contributed by atoms with Gasteiger partial charge >= 0.3 is 0 Å². The van der Waals surface area contributed by atoms with Gasteiger partial charge in [0.1, 0.15) is 16.4 Å². The van der Waals surface area contributed by atoms with E-state index in [1.54, 1.807) is 37.4 Å². The quantitative estimate of drug-likeness (QED) is 0.467. The van der Waals surface area contributed by atoms with Crippen LogP contribution in [0.5, 0.6) is 11.5 Å². The van der Waals surface area contributed by atoms with Crippen molar-refractivity contribution in [2.45, 2.75) is 17.7 Å². The van der Waals surface area contributed by atoms with Gasteiger partial charge in [-0.05, 0) is 48.4 Å². The predicted octanol–water partition coefficient (Wildman–Crippen LogP) is 4.73. The van der Waals surface area contributed by atoms with Crippen LogP contribution in [0.2, 0.25) is 5.02 Å². The maximum atomic E-state index is 13.0. The number of para-hydroxylation sites is 2. The number of amides is 1. The molecule has 0 saturated heterocycles. The van der Waals surface area contributed by atoms with Crippen molar-refractivity contribution in [2.24, 2.45) is 0 Å². The zero-order valence-corrected chi connectivity index (χ0v) is 19.2. The summed E-state index contributed by atoms with van der Waals surface area (Å²) in [6, 6.07) is 18.4. The Morgan fingerprint density at radius 2 is 1.62 bits per heavy atom. The number of carbonyl (C=O) groups is 1. The standard InChI is InChI=1S/C23H23ClN2O5S/c1-30-20-10-6-3-7-16(20)11-14-23(27)25-17-12-13-21(31-2)22(15-17)32(28,29)26-19-9-5-4-8-18(19)24/h3-10,12-13,15,26H,11,14H2,1-2H3,(H,25,27). The van der Waals surface area contributed by atoms with E-state index in [0.29, 0.717) is 17.9 Å². The average molecular weight is 475 g/mol. The molecular formula is C23H23ClN2O5S. The van der Waals surface area contributed by atoms with Gasteiger partial charge in [0.25, 0.3) is 10.0 Å². The molecule has 0 aliphatic carbocycles. The predicted molar refractivity (Wildman–Crippen MR) is 125 cm³/mol. The van der Waals surface area contributed by atoms with Gasteiger partial charge in [-0.2, -0.15) is 0 Å². The maximum Gasteiger partial charge on any atom is 0.265 e. The molecule has 0 unspecified atom stereocenters.